The summed E-state index contributed by atoms with van der Waals surface area (Å²) in [4.78, 5) is 27.8. The molecule has 1 aromatic heterocycles. The monoisotopic (exact) mass is 458 g/mol. The van der Waals surface area contributed by atoms with E-state index in [1.54, 1.807) is 7.11 Å². The molecule has 1 saturated carbocycles. The smallest absolute Gasteiger partial charge is 0.286 e. The van der Waals surface area contributed by atoms with Crippen molar-refractivity contribution in [3.05, 3.63) is 35.7 Å². The average Bonchev–Trinajstić information content (AvgIpc) is 3.38. The number of imide groups is 1. The van der Waals surface area contributed by atoms with Gasteiger partial charge in [0.25, 0.3) is 5.24 Å². The number of nitrogens with zero attached hydrogens (tertiary/aromatic N) is 1. The van der Waals surface area contributed by atoms with Gasteiger partial charge in [0, 0.05) is 12.0 Å². The van der Waals surface area contributed by atoms with Crippen molar-refractivity contribution in [1.29, 1.82) is 0 Å². The van der Waals surface area contributed by atoms with Gasteiger partial charge in [-0.15, -0.1) is 0 Å². The van der Waals surface area contributed by atoms with E-state index in [1.807, 2.05) is 24.3 Å². The number of benzene rings is 1. The van der Waals surface area contributed by atoms with Crippen molar-refractivity contribution >= 4 is 22.9 Å². The Kier molecular flexibility index (Phi) is 7.52. The van der Waals surface area contributed by atoms with Crippen molar-refractivity contribution in [2.75, 3.05) is 7.11 Å². The third-order valence-electron chi connectivity index (χ3n) is 6.21. The number of methoxy groups -OCH3 is 1. The van der Waals surface area contributed by atoms with Gasteiger partial charge in [0.2, 0.25) is 11.8 Å². The molecule has 0 radical (unpaired) electrons. The van der Waals surface area contributed by atoms with Crippen LogP contribution in [-0.4, -0.2) is 34.6 Å². The van der Waals surface area contributed by atoms with E-state index in [9.17, 15) is 9.59 Å². The predicted octanol–water partition coefficient (Wildman–Crippen LogP) is 5.12. The van der Waals surface area contributed by atoms with Crippen LogP contribution in [0.2, 0.25) is 0 Å². The average molecular weight is 459 g/mol. The summed E-state index contributed by atoms with van der Waals surface area (Å²) in [7, 11) is 1.64. The SMILES string of the molecule is CCc1oc(-c2cccc(OC)c2)nc1CO[C@H]1CCC[C@@H](CCC2SC(=O)NC2=O)C1. The van der Waals surface area contributed by atoms with Crippen LogP contribution in [0.4, 0.5) is 4.79 Å². The number of thioether (sulfide) groups is 1. The lowest BCUT2D eigenvalue weighted by molar-refractivity contribution is -0.119. The Morgan fingerprint density at radius 1 is 1.25 bits per heavy atom. The fourth-order valence-electron chi connectivity index (χ4n) is 4.47. The van der Waals surface area contributed by atoms with Crippen LogP contribution < -0.4 is 10.1 Å². The zero-order chi connectivity index (χ0) is 22.5. The molecule has 0 spiro atoms. The molecule has 172 valence electrons. The van der Waals surface area contributed by atoms with Crippen LogP contribution in [0.3, 0.4) is 0 Å². The van der Waals surface area contributed by atoms with E-state index in [4.69, 9.17) is 18.9 Å². The van der Waals surface area contributed by atoms with Gasteiger partial charge in [-0.05, 0) is 49.8 Å². The molecule has 3 atom stereocenters. The van der Waals surface area contributed by atoms with Gasteiger partial charge >= 0.3 is 0 Å². The largest absolute Gasteiger partial charge is 0.497 e. The minimum Gasteiger partial charge on any atom is -0.497 e. The van der Waals surface area contributed by atoms with Crippen molar-refractivity contribution in [1.82, 2.24) is 10.3 Å². The number of hydrogen-bond acceptors (Lipinski definition) is 7. The number of nitrogens with one attached hydrogen (secondary N) is 1. The molecule has 4 rings (SSSR count). The number of oxazole rings is 1. The van der Waals surface area contributed by atoms with Crippen molar-refractivity contribution in [3.63, 3.8) is 0 Å². The molecule has 2 aliphatic rings. The lowest BCUT2D eigenvalue weighted by Gasteiger charge is -2.29. The first-order valence-corrected chi connectivity index (χ1v) is 12.2. The van der Waals surface area contributed by atoms with Crippen molar-refractivity contribution in [2.45, 2.75) is 69.8 Å². The molecule has 1 aromatic carbocycles. The first-order chi connectivity index (χ1) is 15.6. The summed E-state index contributed by atoms with van der Waals surface area (Å²) in [5, 5.41) is 1.91. The first kappa shape index (κ1) is 22.9. The number of hydrogen-bond donors (Lipinski definition) is 1. The number of aryl methyl sites for hydroxylation is 1. The second-order valence-corrected chi connectivity index (χ2v) is 9.58. The number of ether oxygens (including phenoxy) is 2. The number of rotatable bonds is 9. The Balaban J connectivity index is 1.32. The Hall–Kier alpha value is -2.32. The van der Waals surface area contributed by atoms with Gasteiger partial charge in [-0.1, -0.05) is 37.6 Å². The molecule has 1 aliphatic carbocycles. The zero-order valence-corrected chi connectivity index (χ0v) is 19.4. The zero-order valence-electron chi connectivity index (χ0n) is 18.6. The van der Waals surface area contributed by atoms with Crippen LogP contribution in [0.15, 0.2) is 28.7 Å². The van der Waals surface area contributed by atoms with Gasteiger partial charge in [0.05, 0.1) is 25.1 Å². The molecule has 1 unspecified atom stereocenters. The number of aromatic nitrogens is 1. The molecular weight excluding hydrogens is 428 g/mol. The Labute approximate surface area is 192 Å². The third-order valence-corrected chi connectivity index (χ3v) is 7.26. The molecule has 2 amide bonds. The molecule has 2 fully saturated rings. The summed E-state index contributed by atoms with van der Waals surface area (Å²) in [5.41, 5.74) is 1.74. The number of amides is 2. The highest BCUT2D eigenvalue weighted by Gasteiger charge is 2.32. The van der Waals surface area contributed by atoms with E-state index in [2.05, 4.69) is 12.2 Å². The molecule has 2 aromatic rings. The third kappa shape index (κ3) is 5.53. The lowest BCUT2D eigenvalue weighted by Crippen LogP contribution is -2.26. The maximum Gasteiger partial charge on any atom is 0.286 e. The van der Waals surface area contributed by atoms with E-state index >= 15 is 0 Å². The highest BCUT2D eigenvalue weighted by Crippen LogP contribution is 2.33. The molecule has 1 N–H and O–H groups in total. The van der Waals surface area contributed by atoms with Crippen LogP contribution in [-0.2, 0) is 22.6 Å². The summed E-state index contributed by atoms with van der Waals surface area (Å²) in [6.45, 7) is 2.49. The van der Waals surface area contributed by atoms with Gasteiger partial charge < -0.3 is 13.9 Å². The molecule has 2 heterocycles. The van der Waals surface area contributed by atoms with Gasteiger partial charge in [0.15, 0.2) is 0 Å². The first-order valence-electron chi connectivity index (χ1n) is 11.3. The van der Waals surface area contributed by atoms with Crippen molar-refractivity contribution in [2.24, 2.45) is 5.92 Å². The van der Waals surface area contributed by atoms with Crippen LogP contribution in [0.5, 0.6) is 5.75 Å². The topological polar surface area (TPSA) is 90.7 Å². The fraction of sp³-hybridized carbons (Fsp3) is 0.542. The Bertz CT molecular complexity index is 960. The molecule has 8 heteroatoms. The normalized spacial score (nSPS) is 23.4. The molecule has 1 aliphatic heterocycles. The van der Waals surface area contributed by atoms with E-state index in [0.717, 1.165) is 79.5 Å². The highest BCUT2D eigenvalue weighted by molar-refractivity contribution is 8.15. The Morgan fingerprint density at radius 2 is 2.12 bits per heavy atom. The van der Waals surface area contributed by atoms with Crippen molar-refractivity contribution < 1.29 is 23.5 Å². The number of carbonyl (C=O) groups excluding carboxylic acids is 2. The highest BCUT2D eigenvalue weighted by atomic mass is 32.2. The number of carbonyl (C=O) groups is 2. The van der Waals surface area contributed by atoms with E-state index in [1.165, 1.54) is 0 Å². The maximum atomic E-state index is 11.8. The van der Waals surface area contributed by atoms with E-state index < -0.39 is 0 Å². The molecule has 1 saturated heterocycles. The van der Waals surface area contributed by atoms with E-state index in [0.29, 0.717) is 18.4 Å². The van der Waals surface area contributed by atoms with Gasteiger partial charge in [-0.2, -0.15) is 0 Å². The van der Waals surface area contributed by atoms with Crippen LogP contribution in [0.1, 0.15) is 56.9 Å². The summed E-state index contributed by atoms with van der Waals surface area (Å²) >= 11 is 1.12. The quantitative estimate of drug-likeness (QED) is 0.558. The fourth-order valence-corrected chi connectivity index (χ4v) is 5.31. The second kappa shape index (κ2) is 10.5. The second-order valence-electron chi connectivity index (χ2n) is 8.40. The van der Waals surface area contributed by atoms with Crippen molar-refractivity contribution in [3.8, 4) is 17.2 Å². The maximum absolute atomic E-state index is 11.8. The summed E-state index contributed by atoms with van der Waals surface area (Å²) in [5.74, 6) is 2.58. The van der Waals surface area contributed by atoms with Crippen LogP contribution in [0, 0.1) is 5.92 Å². The van der Waals surface area contributed by atoms with Crippen LogP contribution in [0.25, 0.3) is 11.5 Å². The van der Waals surface area contributed by atoms with Gasteiger partial charge in [-0.3, -0.25) is 14.9 Å². The molecule has 32 heavy (non-hydrogen) atoms. The summed E-state index contributed by atoms with van der Waals surface area (Å²) in [6, 6.07) is 7.69. The van der Waals surface area contributed by atoms with E-state index in [-0.39, 0.29) is 22.5 Å². The summed E-state index contributed by atoms with van der Waals surface area (Å²) in [6.07, 6.45) is 6.91. The Morgan fingerprint density at radius 3 is 2.88 bits per heavy atom. The minimum atomic E-state index is -0.235. The van der Waals surface area contributed by atoms with Gasteiger partial charge in [0.1, 0.15) is 17.2 Å². The minimum absolute atomic E-state index is 0.145. The lowest BCUT2D eigenvalue weighted by atomic mass is 9.84. The summed E-state index contributed by atoms with van der Waals surface area (Å²) < 4.78 is 17.6. The molecular formula is C24H30N2O5S. The molecule has 0 bridgehead atoms. The molecule has 7 nitrogen and oxygen atoms in total. The van der Waals surface area contributed by atoms with Gasteiger partial charge in [-0.25, -0.2) is 4.98 Å². The predicted molar refractivity (Wildman–Crippen MR) is 123 cm³/mol. The standard InChI is InChI=1S/C24H30N2O5S/c1-3-20-19(25-23(31-20)16-7-5-8-17(13-16)29-2)14-30-18-9-4-6-15(12-18)10-11-21-22(27)26-24(28)32-21/h5,7-8,13,15,18,21H,3-4,6,9-12,14H2,1-2H3,(H,26,27,28)/t15-,18-,21?/m0/s1. The van der Waals surface area contributed by atoms with Crippen LogP contribution >= 0.6 is 11.8 Å².